The van der Waals surface area contributed by atoms with E-state index in [1.807, 2.05) is 11.9 Å². The third kappa shape index (κ3) is 1.53. The Morgan fingerprint density at radius 1 is 1.43 bits per heavy atom. The number of likely N-dealkylation sites (N-methyl/N-ethyl adjacent to an activating group) is 1. The smallest absolute Gasteiger partial charge is 0.239 e. The molecule has 14 heavy (non-hydrogen) atoms. The molecule has 0 aromatic rings. The number of nitrogens with zero attached hydrogens (tertiary/aromatic N) is 2. The molecule has 2 heterocycles. The van der Waals surface area contributed by atoms with E-state index in [0.717, 1.165) is 25.9 Å². The summed E-state index contributed by atoms with van der Waals surface area (Å²) >= 11 is 0. The van der Waals surface area contributed by atoms with Gasteiger partial charge in [-0.25, -0.2) is 0 Å². The molecule has 0 radical (unpaired) electrons. The third-order valence-corrected chi connectivity index (χ3v) is 3.49. The Balaban J connectivity index is 2.04. The van der Waals surface area contributed by atoms with Crippen LogP contribution >= 0.6 is 0 Å². The van der Waals surface area contributed by atoms with E-state index in [4.69, 9.17) is 5.73 Å². The highest BCUT2D eigenvalue weighted by Crippen LogP contribution is 2.24. The molecule has 0 saturated carbocycles. The summed E-state index contributed by atoms with van der Waals surface area (Å²) in [5.74, 6) is 0.283. The van der Waals surface area contributed by atoms with E-state index in [1.165, 1.54) is 6.42 Å². The molecule has 2 rings (SSSR count). The first-order chi connectivity index (χ1) is 6.74. The number of likely N-dealkylation sites (tertiary alicyclic amines) is 2. The number of carbonyl (C=O) groups is 1. The van der Waals surface area contributed by atoms with Gasteiger partial charge in [-0.1, -0.05) is 0 Å². The van der Waals surface area contributed by atoms with Gasteiger partial charge in [-0.15, -0.1) is 0 Å². The van der Waals surface area contributed by atoms with Crippen molar-refractivity contribution >= 4 is 5.91 Å². The van der Waals surface area contributed by atoms with E-state index in [2.05, 4.69) is 4.90 Å². The van der Waals surface area contributed by atoms with Gasteiger partial charge in [-0.2, -0.15) is 0 Å². The Labute approximate surface area is 85.0 Å². The topological polar surface area (TPSA) is 49.6 Å². The average molecular weight is 197 g/mol. The first-order valence-electron chi connectivity index (χ1n) is 5.45. The molecule has 80 valence electrons. The van der Waals surface area contributed by atoms with Crippen LogP contribution in [0.1, 0.15) is 19.3 Å². The normalized spacial score (nSPS) is 34.4. The summed E-state index contributed by atoms with van der Waals surface area (Å²) in [6.45, 7) is 2.64. The van der Waals surface area contributed by atoms with Gasteiger partial charge < -0.3 is 10.6 Å². The van der Waals surface area contributed by atoms with Crippen molar-refractivity contribution in [1.82, 2.24) is 9.80 Å². The number of hydrogen-bond donors (Lipinski definition) is 1. The lowest BCUT2D eigenvalue weighted by molar-refractivity contribution is -0.131. The van der Waals surface area contributed by atoms with Crippen molar-refractivity contribution in [2.24, 2.45) is 5.73 Å². The van der Waals surface area contributed by atoms with Crippen molar-refractivity contribution < 1.29 is 4.79 Å². The molecular formula is C10H19N3O. The van der Waals surface area contributed by atoms with Gasteiger partial charge in [0.25, 0.3) is 0 Å². The SMILES string of the molecule is CN1CCC(N2CCCC2CN)C1=O. The maximum absolute atomic E-state index is 11.8. The number of nitrogens with two attached hydrogens (primary N) is 1. The van der Waals surface area contributed by atoms with Crippen molar-refractivity contribution in [3.63, 3.8) is 0 Å². The minimum Gasteiger partial charge on any atom is -0.344 e. The van der Waals surface area contributed by atoms with Crippen LogP contribution in [0, 0.1) is 0 Å². The van der Waals surface area contributed by atoms with Gasteiger partial charge in [-0.05, 0) is 25.8 Å². The summed E-state index contributed by atoms with van der Waals surface area (Å²) in [6, 6.07) is 0.562. The Morgan fingerprint density at radius 2 is 2.21 bits per heavy atom. The summed E-state index contributed by atoms with van der Waals surface area (Å²) in [4.78, 5) is 15.9. The van der Waals surface area contributed by atoms with Crippen molar-refractivity contribution in [2.45, 2.75) is 31.3 Å². The predicted molar refractivity (Wildman–Crippen MR) is 54.8 cm³/mol. The lowest BCUT2D eigenvalue weighted by Gasteiger charge is -2.28. The van der Waals surface area contributed by atoms with Gasteiger partial charge in [0.05, 0.1) is 6.04 Å². The summed E-state index contributed by atoms with van der Waals surface area (Å²) < 4.78 is 0. The number of amides is 1. The molecule has 4 heteroatoms. The van der Waals surface area contributed by atoms with Crippen LogP contribution in [0.4, 0.5) is 0 Å². The molecule has 2 N–H and O–H groups in total. The van der Waals surface area contributed by atoms with Gasteiger partial charge in [0.2, 0.25) is 5.91 Å². The third-order valence-electron chi connectivity index (χ3n) is 3.49. The van der Waals surface area contributed by atoms with Crippen LogP contribution in [-0.2, 0) is 4.79 Å². The highest BCUT2D eigenvalue weighted by atomic mass is 16.2. The fourth-order valence-electron chi connectivity index (χ4n) is 2.63. The second kappa shape index (κ2) is 3.87. The van der Waals surface area contributed by atoms with Crippen LogP contribution in [0.25, 0.3) is 0 Å². The van der Waals surface area contributed by atoms with E-state index in [-0.39, 0.29) is 11.9 Å². The van der Waals surface area contributed by atoms with E-state index >= 15 is 0 Å². The standard InChI is InChI=1S/C10H19N3O/c1-12-6-4-9(10(12)14)13-5-2-3-8(13)7-11/h8-9H,2-7,11H2,1H3. The quantitative estimate of drug-likeness (QED) is 0.657. The highest BCUT2D eigenvalue weighted by molar-refractivity contribution is 5.83. The van der Waals surface area contributed by atoms with Crippen LogP contribution in [0.3, 0.4) is 0 Å². The number of hydrogen-bond acceptors (Lipinski definition) is 3. The van der Waals surface area contributed by atoms with Crippen LogP contribution < -0.4 is 5.73 Å². The Morgan fingerprint density at radius 3 is 2.79 bits per heavy atom. The molecule has 0 bridgehead atoms. The molecule has 0 aromatic carbocycles. The molecule has 2 aliphatic rings. The molecule has 2 saturated heterocycles. The summed E-state index contributed by atoms with van der Waals surface area (Å²) in [5.41, 5.74) is 5.71. The fourth-order valence-corrected chi connectivity index (χ4v) is 2.63. The van der Waals surface area contributed by atoms with Gasteiger partial charge >= 0.3 is 0 Å². The van der Waals surface area contributed by atoms with E-state index in [1.54, 1.807) is 0 Å². The molecule has 0 spiro atoms. The summed E-state index contributed by atoms with van der Waals surface area (Å²) in [5, 5.41) is 0. The van der Waals surface area contributed by atoms with Gasteiger partial charge in [0.15, 0.2) is 0 Å². The minimum absolute atomic E-state index is 0.121. The first-order valence-corrected chi connectivity index (χ1v) is 5.45. The van der Waals surface area contributed by atoms with Crippen LogP contribution in [-0.4, -0.2) is 54.5 Å². The van der Waals surface area contributed by atoms with Gasteiger partial charge in [0, 0.05) is 26.2 Å². The maximum atomic E-state index is 11.8. The molecule has 2 unspecified atom stereocenters. The number of rotatable bonds is 2. The van der Waals surface area contributed by atoms with Crippen molar-refractivity contribution in [1.29, 1.82) is 0 Å². The molecule has 0 aliphatic carbocycles. The molecular weight excluding hydrogens is 178 g/mol. The summed E-state index contributed by atoms with van der Waals surface area (Å²) in [6.07, 6.45) is 3.32. The molecule has 2 atom stereocenters. The second-order valence-corrected chi connectivity index (χ2v) is 4.33. The van der Waals surface area contributed by atoms with E-state index < -0.39 is 0 Å². The maximum Gasteiger partial charge on any atom is 0.239 e. The largest absolute Gasteiger partial charge is 0.344 e. The molecule has 1 amide bonds. The molecule has 2 fully saturated rings. The highest BCUT2D eigenvalue weighted by Gasteiger charge is 2.38. The monoisotopic (exact) mass is 197 g/mol. The lowest BCUT2D eigenvalue weighted by Crippen LogP contribution is -2.46. The predicted octanol–water partition coefficient (Wildman–Crippen LogP) is -0.360. The zero-order chi connectivity index (χ0) is 10.1. The van der Waals surface area contributed by atoms with Crippen molar-refractivity contribution in [3.8, 4) is 0 Å². The lowest BCUT2D eigenvalue weighted by atomic mass is 10.1. The van der Waals surface area contributed by atoms with Crippen LogP contribution in [0.2, 0.25) is 0 Å². The van der Waals surface area contributed by atoms with Crippen LogP contribution in [0.15, 0.2) is 0 Å². The molecule has 2 aliphatic heterocycles. The fraction of sp³-hybridized carbons (Fsp3) is 0.900. The molecule has 4 nitrogen and oxygen atoms in total. The number of carbonyl (C=O) groups excluding carboxylic acids is 1. The molecule has 0 aromatic heterocycles. The van der Waals surface area contributed by atoms with E-state index in [9.17, 15) is 4.79 Å². The van der Waals surface area contributed by atoms with Crippen molar-refractivity contribution in [2.75, 3.05) is 26.7 Å². The Hall–Kier alpha value is -0.610. The van der Waals surface area contributed by atoms with Gasteiger partial charge in [-0.3, -0.25) is 9.69 Å². The van der Waals surface area contributed by atoms with E-state index in [0.29, 0.717) is 12.6 Å². The Bertz CT molecular complexity index is 231. The van der Waals surface area contributed by atoms with Crippen molar-refractivity contribution in [3.05, 3.63) is 0 Å². The zero-order valence-electron chi connectivity index (χ0n) is 8.78. The minimum atomic E-state index is 0.121. The van der Waals surface area contributed by atoms with Crippen LogP contribution in [0.5, 0.6) is 0 Å². The average Bonchev–Trinajstić information content (AvgIpc) is 2.75. The Kier molecular flexibility index (Phi) is 2.74. The first kappa shape index (κ1) is 9.93. The van der Waals surface area contributed by atoms with Gasteiger partial charge in [0.1, 0.15) is 0 Å². The summed E-state index contributed by atoms with van der Waals surface area (Å²) in [7, 11) is 1.88. The second-order valence-electron chi connectivity index (χ2n) is 4.33. The zero-order valence-corrected chi connectivity index (χ0v) is 8.78.